The summed E-state index contributed by atoms with van der Waals surface area (Å²) in [6.45, 7) is 7.53. The Hall–Kier alpha value is -3.23. The first-order valence-corrected chi connectivity index (χ1v) is 13.1. The van der Waals surface area contributed by atoms with E-state index in [1.165, 1.54) is 0 Å². The van der Waals surface area contributed by atoms with Crippen LogP contribution in [-0.4, -0.2) is 46.9 Å². The first-order chi connectivity index (χ1) is 17.4. The highest BCUT2D eigenvalue weighted by molar-refractivity contribution is 5.89. The maximum Gasteiger partial charge on any atom is 0.319 e. The predicted molar refractivity (Wildman–Crippen MR) is 140 cm³/mol. The zero-order chi connectivity index (χ0) is 25.5. The Balaban J connectivity index is 1.22. The van der Waals surface area contributed by atoms with Crippen molar-refractivity contribution in [1.82, 2.24) is 15.3 Å². The summed E-state index contributed by atoms with van der Waals surface area (Å²) in [5.41, 5.74) is 3.38. The molecule has 1 aliphatic heterocycles. The van der Waals surface area contributed by atoms with Crippen LogP contribution in [0.3, 0.4) is 0 Å². The molecule has 1 aliphatic carbocycles. The van der Waals surface area contributed by atoms with E-state index in [-0.39, 0.29) is 23.8 Å². The van der Waals surface area contributed by atoms with Crippen LogP contribution in [0.1, 0.15) is 76.3 Å². The molecular weight excluding hydrogens is 459 g/mol. The number of rotatable bonds is 7. The van der Waals surface area contributed by atoms with E-state index in [1.807, 2.05) is 32.3 Å². The highest BCUT2D eigenvalue weighted by atomic mass is 19.1. The third kappa shape index (κ3) is 6.92. The number of piperidine rings is 1. The second kappa shape index (κ2) is 12.1. The van der Waals surface area contributed by atoms with E-state index in [0.29, 0.717) is 0 Å². The maximum absolute atomic E-state index is 14.6. The van der Waals surface area contributed by atoms with Gasteiger partial charge in [-0.15, -0.1) is 0 Å². The molecule has 194 valence electrons. The Morgan fingerprint density at radius 1 is 1.17 bits per heavy atom. The first kappa shape index (κ1) is 25.9. The van der Waals surface area contributed by atoms with Crippen LogP contribution in [0.2, 0.25) is 0 Å². The minimum absolute atomic E-state index is 0.0136. The lowest BCUT2D eigenvalue weighted by Crippen LogP contribution is -2.37. The van der Waals surface area contributed by atoms with Crippen molar-refractivity contribution in [3.05, 3.63) is 47.5 Å². The third-order valence-electron chi connectivity index (χ3n) is 6.85. The molecule has 36 heavy (non-hydrogen) atoms. The van der Waals surface area contributed by atoms with Crippen LogP contribution in [-0.2, 0) is 11.3 Å². The summed E-state index contributed by atoms with van der Waals surface area (Å²) in [6, 6.07) is 4.68. The van der Waals surface area contributed by atoms with Crippen LogP contribution >= 0.6 is 0 Å². The number of amides is 2. The number of nitrogens with one attached hydrogen (secondary N) is 2. The summed E-state index contributed by atoms with van der Waals surface area (Å²) in [4.78, 5) is 28.9. The summed E-state index contributed by atoms with van der Waals surface area (Å²) in [5, 5.41) is 9.75. The minimum Gasteiger partial charge on any atom is -0.392 e. The van der Waals surface area contributed by atoms with Crippen molar-refractivity contribution in [2.24, 2.45) is 5.16 Å². The topological polar surface area (TPSA) is 91.7 Å². The molecule has 9 heteroatoms. The molecule has 4 rings (SSSR count). The van der Waals surface area contributed by atoms with E-state index in [2.05, 4.69) is 37.6 Å². The molecule has 0 unspecified atom stereocenters. The van der Waals surface area contributed by atoms with Crippen molar-refractivity contribution in [3.63, 3.8) is 0 Å². The summed E-state index contributed by atoms with van der Waals surface area (Å²) in [7, 11) is 0. The van der Waals surface area contributed by atoms with E-state index < -0.39 is 11.8 Å². The first-order valence-electron chi connectivity index (χ1n) is 13.1. The monoisotopic (exact) mass is 496 g/mol. The molecule has 2 heterocycles. The van der Waals surface area contributed by atoms with Gasteiger partial charge in [-0.3, -0.25) is 0 Å². The van der Waals surface area contributed by atoms with Gasteiger partial charge in [0.1, 0.15) is 11.9 Å². The number of hydrogen-bond acceptors (Lipinski definition) is 6. The molecule has 2 fully saturated rings. The van der Waals surface area contributed by atoms with Gasteiger partial charge in [0.15, 0.2) is 0 Å². The molecule has 0 bridgehead atoms. The number of carbonyl (C=O) groups excluding carboxylic acids is 1. The molecule has 2 amide bonds. The Morgan fingerprint density at radius 3 is 2.47 bits per heavy atom. The Kier molecular flexibility index (Phi) is 8.72. The zero-order valence-electron chi connectivity index (χ0n) is 21.5. The highest BCUT2D eigenvalue weighted by Crippen LogP contribution is 2.33. The van der Waals surface area contributed by atoms with Crippen molar-refractivity contribution in [2.45, 2.75) is 83.8 Å². The minimum atomic E-state index is -0.410. The number of halogens is 1. The molecule has 2 N–H and O–H groups in total. The van der Waals surface area contributed by atoms with Gasteiger partial charge in [0.25, 0.3) is 0 Å². The zero-order valence-corrected chi connectivity index (χ0v) is 21.5. The van der Waals surface area contributed by atoms with Gasteiger partial charge in [0.05, 0.1) is 11.4 Å². The average Bonchev–Trinajstić information content (AvgIpc) is 2.89. The van der Waals surface area contributed by atoms with Gasteiger partial charge in [-0.1, -0.05) is 18.1 Å². The van der Waals surface area contributed by atoms with E-state index in [9.17, 15) is 9.18 Å². The number of hydrogen-bond donors (Lipinski definition) is 2. The molecular formula is C27H37FN6O2. The second-order valence-electron chi connectivity index (χ2n) is 9.96. The average molecular weight is 497 g/mol. The smallest absolute Gasteiger partial charge is 0.319 e. The van der Waals surface area contributed by atoms with E-state index in [0.717, 1.165) is 80.8 Å². The molecule has 1 saturated heterocycles. The fourth-order valence-corrected chi connectivity index (χ4v) is 4.69. The van der Waals surface area contributed by atoms with Gasteiger partial charge < -0.3 is 20.4 Å². The quantitative estimate of drug-likeness (QED) is 0.500. The number of benzene rings is 1. The van der Waals surface area contributed by atoms with Crippen LogP contribution in [0.15, 0.2) is 35.7 Å². The van der Waals surface area contributed by atoms with Crippen LogP contribution in [0, 0.1) is 5.82 Å². The van der Waals surface area contributed by atoms with Crippen LogP contribution in [0.4, 0.5) is 20.8 Å². The van der Waals surface area contributed by atoms with Crippen molar-refractivity contribution >= 4 is 23.4 Å². The van der Waals surface area contributed by atoms with Crippen molar-refractivity contribution < 1.29 is 14.0 Å². The number of urea groups is 1. The van der Waals surface area contributed by atoms with Gasteiger partial charge in [0.2, 0.25) is 5.95 Å². The maximum atomic E-state index is 14.6. The number of nitrogens with zero attached hydrogens (tertiary/aromatic N) is 4. The number of carbonyl (C=O) groups is 1. The highest BCUT2D eigenvalue weighted by Gasteiger charge is 2.24. The molecule has 1 aromatic heterocycles. The molecule has 0 spiro atoms. The normalized spacial score (nSPS) is 18.8. The molecule has 1 saturated carbocycles. The second-order valence-corrected chi connectivity index (χ2v) is 9.96. The number of oxime groups is 1. The van der Waals surface area contributed by atoms with E-state index >= 15 is 0 Å². The Labute approximate surface area is 212 Å². The summed E-state index contributed by atoms with van der Waals surface area (Å²) in [5.74, 6) is 0.654. The summed E-state index contributed by atoms with van der Waals surface area (Å²) >= 11 is 0. The lowest BCUT2D eigenvalue weighted by Gasteiger charge is -2.31. The van der Waals surface area contributed by atoms with Crippen molar-refractivity contribution in [2.75, 3.05) is 23.3 Å². The molecule has 0 radical (unpaired) electrons. The molecule has 2 aromatic rings. The molecule has 8 nitrogen and oxygen atoms in total. The number of aromatic nitrogens is 2. The Bertz CT molecular complexity index is 1040. The lowest BCUT2D eigenvalue weighted by atomic mass is 9.83. The molecule has 0 atom stereocenters. The van der Waals surface area contributed by atoms with E-state index in [1.54, 1.807) is 12.1 Å². The van der Waals surface area contributed by atoms with Gasteiger partial charge in [-0.2, -0.15) is 0 Å². The molecule has 2 aliphatic rings. The van der Waals surface area contributed by atoms with Gasteiger partial charge >= 0.3 is 6.03 Å². The van der Waals surface area contributed by atoms with Crippen LogP contribution in [0.5, 0.6) is 0 Å². The van der Waals surface area contributed by atoms with Gasteiger partial charge in [-0.05, 0) is 75.1 Å². The fourth-order valence-electron chi connectivity index (χ4n) is 4.69. The van der Waals surface area contributed by atoms with Gasteiger partial charge in [-0.25, -0.2) is 19.2 Å². The Morgan fingerprint density at radius 2 is 1.86 bits per heavy atom. The van der Waals surface area contributed by atoms with Crippen LogP contribution < -0.4 is 15.5 Å². The van der Waals surface area contributed by atoms with E-state index in [4.69, 9.17) is 4.84 Å². The number of aryl methyl sites for hydroxylation is 1. The lowest BCUT2D eigenvalue weighted by molar-refractivity contribution is 0.0406. The number of anilines is 2. The van der Waals surface area contributed by atoms with Gasteiger partial charge in [0, 0.05) is 44.4 Å². The largest absolute Gasteiger partial charge is 0.392 e. The summed E-state index contributed by atoms with van der Waals surface area (Å²) in [6.07, 6.45) is 10.2. The summed E-state index contributed by atoms with van der Waals surface area (Å²) < 4.78 is 14.6. The standard InChI is InChI=1S/C27H37FN6O2/c1-4-19-16-29-26(30-17-19)34-13-11-23(12-14-34)36-33-22-8-5-20(6-9-22)21-7-10-25(24(28)15-21)32-27(35)31-18(2)3/h7,10,15-18,20,23H,4-6,8-9,11-14H2,1-3H3,(H2,31,32,35). The SMILES string of the molecule is CCc1cnc(N2CCC(ON=C3CCC(c4ccc(NC(=O)NC(C)C)c(F)c4)CC3)CC2)nc1. The van der Waals surface area contributed by atoms with Crippen molar-refractivity contribution in [1.29, 1.82) is 0 Å². The fraction of sp³-hybridized carbons (Fsp3) is 0.556. The predicted octanol–water partition coefficient (Wildman–Crippen LogP) is 5.41. The third-order valence-corrected chi connectivity index (χ3v) is 6.85. The van der Waals surface area contributed by atoms with Crippen LogP contribution in [0.25, 0.3) is 0 Å². The molecule has 1 aromatic carbocycles. The van der Waals surface area contributed by atoms with Crippen molar-refractivity contribution in [3.8, 4) is 0 Å².